The fourth-order valence-electron chi connectivity index (χ4n) is 2.06. The zero-order valence-corrected chi connectivity index (χ0v) is 11.4. The smallest absolute Gasteiger partial charge is 0.0702 e. The molecule has 0 amide bonds. The number of rotatable bonds is 5. The summed E-state index contributed by atoms with van der Waals surface area (Å²) in [6, 6.07) is 5.50. The van der Waals surface area contributed by atoms with E-state index in [1.165, 1.54) is 21.5 Å². The number of nitrogens with two attached hydrogens (primary N) is 1. The summed E-state index contributed by atoms with van der Waals surface area (Å²) in [5, 5.41) is 0. The van der Waals surface area contributed by atoms with Gasteiger partial charge in [0.15, 0.2) is 0 Å². The molecule has 2 nitrogen and oxygen atoms in total. The summed E-state index contributed by atoms with van der Waals surface area (Å²) < 4.78 is 1.20. The molecule has 0 saturated heterocycles. The third kappa shape index (κ3) is 2.61. The molecule has 84 valence electrons. The minimum Gasteiger partial charge on any atom is -0.329 e. The average molecular weight is 289 g/mol. The van der Waals surface area contributed by atoms with Crippen molar-refractivity contribution in [2.75, 3.05) is 13.1 Å². The molecule has 2 N–H and O–H groups in total. The molecule has 1 heterocycles. The highest BCUT2D eigenvalue weighted by atomic mass is 79.9. The molecule has 1 fully saturated rings. The van der Waals surface area contributed by atoms with Crippen molar-refractivity contribution in [3.8, 4) is 0 Å². The van der Waals surface area contributed by atoms with Crippen molar-refractivity contribution in [1.29, 1.82) is 0 Å². The van der Waals surface area contributed by atoms with Crippen LogP contribution in [0.25, 0.3) is 0 Å². The lowest BCUT2D eigenvalue weighted by Gasteiger charge is -2.28. The zero-order valence-electron chi connectivity index (χ0n) is 8.95. The average Bonchev–Trinajstić information content (AvgIpc) is 2.98. The SMILES string of the molecule is CCN(C1CC1)C(CN)c1ccc(Br)s1. The van der Waals surface area contributed by atoms with Crippen LogP contribution in [0.15, 0.2) is 15.9 Å². The molecule has 1 aliphatic carbocycles. The van der Waals surface area contributed by atoms with Gasteiger partial charge in [-0.1, -0.05) is 6.92 Å². The van der Waals surface area contributed by atoms with Crippen molar-refractivity contribution in [2.45, 2.75) is 31.8 Å². The summed E-state index contributed by atoms with van der Waals surface area (Å²) in [5.74, 6) is 0. The zero-order chi connectivity index (χ0) is 10.8. The largest absolute Gasteiger partial charge is 0.329 e. The molecule has 0 bridgehead atoms. The second-order valence-electron chi connectivity index (χ2n) is 3.95. The Morgan fingerprint density at radius 3 is 2.73 bits per heavy atom. The number of thiophene rings is 1. The van der Waals surface area contributed by atoms with Gasteiger partial charge in [-0.3, -0.25) is 4.90 Å². The fraction of sp³-hybridized carbons (Fsp3) is 0.636. The Kier molecular flexibility index (Phi) is 3.83. The van der Waals surface area contributed by atoms with Crippen LogP contribution in [0.2, 0.25) is 0 Å². The van der Waals surface area contributed by atoms with Crippen LogP contribution < -0.4 is 5.73 Å². The Bertz CT molecular complexity index is 322. The lowest BCUT2D eigenvalue weighted by atomic mass is 10.2. The van der Waals surface area contributed by atoms with Crippen molar-refractivity contribution >= 4 is 27.3 Å². The predicted octanol–water partition coefficient (Wildman–Crippen LogP) is 2.99. The summed E-state index contributed by atoms with van der Waals surface area (Å²) in [6.45, 7) is 4.04. The van der Waals surface area contributed by atoms with Crippen molar-refractivity contribution in [3.05, 3.63) is 20.8 Å². The third-order valence-electron chi connectivity index (χ3n) is 2.93. The van der Waals surface area contributed by atoms with Crippen LogP contribution in [0.5, 0.6) is 0 Å². The normalized spacial score (nSPS) is 18.4. The monoisotopic (exact) mass is 288 g/mol. The van der Waals surface area contributed by atoms with Gasteiger partial charge in [0.2, 0.25) is 0 Å². The van der Waals surface area contributed by atoms with E-state index in [0.717, 1.165) is 19.1 Å². The molecular weight excluding hydrogens is 272 g/mol. The summed E-state index contributed by atoms with van der Waals surface area (Å²) in [5.41, 5.74) is 5.91. The molecule has 0 radical (unpaired) electrons. The Morgan fingerprint density at radius 1 is 1.60 bits per heavy atom. The molecule has 15 heavy (non-hydrogen) atoms. The van der Waals surface area contributed by atoms with E-state index in [-0.39, 0.29) is 0 Å². The Labute approximate surface area is 104 Å². The first-order valence-electron chi connectivity index (χ1n) is 5.47. The molecular formula is C11H17BrN2S. The molecule has 1 unspecified atom stereocenters. The standard InChI is InChI=1S/C11H17BrN2S/c1-2-14(8-3-4-8)9(7-13)10-5-6-11(12)15-10/h5-6,8-9H,2-4,7,13H2,1H3. The maximum atomic E-state index is 5.91. The first-order valence-corrected chi connectivity index (χ1v) is 7.08. The Morgan fingerprint density at radius 2 is 2.33 bits per heavy atom. The molecule has 0 aliphatic heterocycles. The first-order chi connectivity index (χ1) is 7.26. The van der Waals surface area contributed by atoms with Gasteiger partial charge >= 0.3 is 0 Å². The van der Waals surface area contributed by atoms with Crippen LogP contribution in [-0.2, 0) is 0 Å². The highest BCUT2D eigenvalue weighted by Crippen LogP contribution is 2.36. The van der Waals surface area contributed by atoms with Crippen LogP contribution >= 0.6 is 27.3 Å². The van der Waals surface area contributed by atoms with Gasteiger partial charge < -0.3 is 5.73 Å². The van der Waals surface area contributed by atoms with E-state index in [4.69, 9.17) is 5.73 Å². The minimum atomic E-state index is 0.416. The van der Waals surface area contributed by atoms with Gasteiger partial charge in [0.25, 0.3) is 0 Å². The first kappa shape index (κ1) is 11.6. The van der Waals surface area contributed by atoms with Crippen LogP contribution in [0, 0.1) is 0 Å². The van der Waals surface area contributed by atoms with Crippen molar-refractivity contribution in [2.24, 2.45) is 5.73 Å². The molecule has 1 aliphatic rings. The van der Waals surface area contributed by atoms with Gasteiger partial charge in [0.05, 0.1) is 9.83 Å². The summed E-state index contributed by atoms with van der Waals surface area (Å²) >= 11 is 5.32. The number of nitrogens with zero attached hydrogens (tertiary/aromatic N) is 1. The molecule has 1 aromatic rings. The number of halogens is 1. The van der Waals surface area contributed by atoms with E-state index < -0.39 is 0 Å². The summed E-state index contributed by atoms with van der Waals surface area (Å²) in [7, 11) is 0. The van der Waals surface area contributed by atoms with Gasteiger partial charge in [0.1, 0.15) is 0 Å². The van der Waals surface area contributed by atoms with Crippen LogP contribution in [-0.4, -0.2) is 24.0 Å². The van der Waals surface area contributed by atoms with Gasteiger partial charge in [-0.25, -0.2) is 0 Å². The second-order valence-corrected chi connectivity index (χ2v) is 6.45. The van der Waals surface area contributed by atoms with Crippen molar-refractivity contribution in [3.63, 3.8) is 0 Å². The summed E-state index contributed by atoms with van der Waals surface area (Å²) in [4.78, 5) is 3.93. The molecule has 1 atom stereocenters. The van der Waals surface area contributed by atoms with Gasteiger partial charge in [-0.2, -0.15) is 0 Å². The van der Waals surface area contributed by atoms with Crippen LogP contribution in [0.3, 0.4) is 0 Å². The topological polar surface area (TPSA) is 29.3 Å². The molecule has 1 aromatic heterocycles. The predicted molar refractivity (Wildman–Crippen MR) is 69.2 cm³/mol. The van der Waals surface area contributed by atoms with Gasteiger partial charge in [0, 0.05) is 17.5 Å². The highest BCUT2D eigenvalue weighted by Gasteiger charge is 2.33. The number of hydrogen-bond acceptors (Lipinski definition) is 3. The fourth-order valence-corrected chi connectivity index (χ4v) is 3.62. The van der Waals surface area contributed by atoms with E-state index in [0.29, 0.717) is 6.04 Å². The van der Waals surface area contributed by atoms with Crippen LogP contribution in [0.1, 0.15) is 30.7 Å². The van der Waals surface area contributed by atoms with Crippen LogP contribution in [0.4, 0.5) is 0 Å². The molecule has 4 heteroatoms. The van der Waals surface area contributed by atoms with Gasteiger partial charge in [-0.15, -0.1) is 11.3 Å². The maximum Gasteiger partial charge on any atom is 0.0702 e. The molecule has 2 rings (SSSR count). The highest BCUT2D eigenvalue weighted by molar-refractivity contribution is 9.11. The third-order valence-corrected chi connectivity index (χ3v) is 4.65. The lowest BCUT2D eigenvalue weighted by molar-refractivity contribution is 0.205. The number of hydrogen-bond donors (Lipinski definition) is 1. The maximum absolute atomic E-state index is 5.91. The second kappa shape index (κ2) is 4.95. The molecule has 0 aromatic carbocycles. The molecule has 0 spiro atoms. The van der Waals surface area contributed by atoms with E-state index in [1.54, 1.807) is 11.3 Å². The summed E-state index contributed by atoms with van der Waals surface area (Å²) in [6.07, 6.45) is 2.69. The van der Waals surface area contributed by atoms with Crippen molar-refractivity contribution in [1.82, 2.24) is 4.90 Å². The van der Waals surface area contributed by atoms with Crippen molar-refractivity contribution < 1.29 is 0 Å². The van der Waals surface area contributed by atoms with E-state index >= 15 is 0 Å². The minimum absolute atomic E-state index is 0.416. The van der Waals surface area contributed by atoms with E-state index in [2.05, 4.69) is 39.9 Å². The lowest BCUT2D eigenvalue weighted by Crippen LogP contribution is -2.34. The molecule has 1 saturated carbocycles. The quantitative estimate of drug-likeness (QED) is 0.903. The Balaban J connectivity index is 2.14. The number of likely N-dealkylation sites (N-methyl/N-ethyl adjacent to an activating group) is 1. The van der Waals surface area contributed by atoms with E-state index in [1.807, 2.05) is 0 Å². The van der Waals surface area contributed by atoms with E-state index in [9.17, 15) is 0 Å². The van der Waals surface area contributed by atoms with Gasteiger partial charge in [-0.05, 0) is 47.4 Å². The Hall–Kier alpha value is 0.1000.